The van der Waals surface area contributed by atoms with Crippen molar-refractivity contribution < 1.29 is 23.6 Å². The Bertz CT molecular complexity index is 466. The van der Waals surface area contributed by atoms with Crippen LogP contribution in [0.15, 0.2) is 10.5 Å². The Balaban J connectivity index is 3.49. The summed E-state index contributed by atoms with van der Waals surface area (Å²) in [5.41, 5.74) is -2.78. The van der Waals surface area contributed by atoms with Gasteiger partial charge in [0, 0.05) is 6.07 Å². The van der Waals surface area contributed by atoms with Gasteiger partial charge in [-0.25, -0.2) is 18.6 Å². The molecule has 86 valence electrons. The summed E-state index contributed by atoms with van der Waals surface area (Å²) >= 11 is 2.71. The third-order valence-corrected chi connectivity index (χ3v) is 2.19. The molecule has 0 fully saturated rings. The number of carboxylic acids is 1. The number of rotatable bonds is 3. The lowest BCUT2D eigenvalue weighted by molar-refractivity contribution is -0.386. The molecule has 0 bridgehead atoms. The lowest BCUT2D eigenvalue weighted by atomic mass is 10.2. The van der Waals surface area contributed by atoms with Crippen molar-refractivity contribution in [2.45, 2.75) is 6.43 Å². The van der Waals surface area contributed by atoms with Gasteiger partial charge in [0.25, 0.3) is 12.1 Å². The second-order valence-electron chi connectivity index (χ2n) is 2.59. The molecular weight excluding hydrogens is 294 g/mol. The first-order valence-corrected chi connectivity index (χ1v) is 4.50. The van der Waals surface area contributed by atoms with Crippen molar-refractivity contribution in [2.24, 2.45) is 0 Å². The molecule has 0 saturated carbocycles. The molecule has 1 rings (SSSR count). The van der Waals surface area contributed by atoms with E-state index in [0.717, 1.165) is 0 Å². The maximum atomic E-state index is 12.4. The molecule has 0 spiro atoms. The molecule has 0 atom stereocenters. The highest BCUT2D eigenvalue weighted by molar-refractivity contribution is 9.10. The molecular formula is C7H3BrF2N2O4. The van der Waals surface area contributed by atoms with Crippen molar-refractivity contribution in [2.75, 3.05) is 0 Å². The number of alkyl halides is 2. The van der Waals surface area contributed by atoms with E-state index in [4.69, 9.17) is 5.11 Å². The summed E-state index contributed by atoms with van der Waals surface area (Å²) in [7, 11) is 0. The van der Waals surface area contributed by atoms with Gasteiger partial charge >= 0.3 is 5.97 Å². The summed E-state index contributed by atoms with van der Waals surface area (Å²) in [5.74, 6) is -1.55. The Morgan fingerprint density at radius 1 is 1.62 bits per heavy atom. The number of hydrogen-bond donors (Lipinski definition) is 1. The third kappa shape index (κ3) is 2.30. The van der Waals surface area contributed by atoms with Crippen LogP contribution in [0, 0.1) is 10.1 Å². The Hall–Kier alpha value is -1.64. The fourth-order valence-corrected chi connectivity index (χ4v) is 1.43. The zero-order valence-electron chi connectivity index (χ0n) is 7.35. The quantitative estimate of drug-likeness (QED) is 0.683. The average molecular weight is 297 g/mol. The predicted octanol–water partition coefficient (Wildman–Crippen LogP) is 2.39. The third-order valence-electron chi connectivity index (χ3n) is 1.59. The van der Waals surface area contributed by atoms with Gasteiger partial charge in [0.2, 0.25) is 0 Å². The molecule has 0 aromatic carbocycles. The number of pyridine rings is 1. The highest BCUT2D eigenvalue weighted by atomic mass is 79.9. The van der Waals surface area contributed by atoms with Crippen LogP contribution in [0.5, 0.6) is 0 Å². The van der Waals surface area contributed by atoms with Crippen LogP contribution in [0.2, 0.25) is 0 Å². The maximum Gasteiger partial charge on any atom is 0.355 e. The summed E-state index contributed by atoms with van der Waals surface area (Å²) < 4.78 is 24.5. The first-order valence-electron chi connectivity index (χ1n) is 3.71. The van der Waals surface area contributed by atoms with Crippen molar-refractivity contribution in [1.82, 2.24) is 4.98 Å². The first-order chi connectivity index (χ1) is 7.34. The summed E-state index contributed by atoms with van der Waals surface area (Å²) in [4.78, 5) is 23.0. The molecule has 0 aliphatic heterocycles. The topological polar surface area (TPSA) is 93.3 Å². The lowest BCUT2D eigenvalue weighted by Crippen LogP contribution is -2.07. The molecule has 1 aromatic heterocycles. The monoisotopic (exact) mass is 296 g/mol. The molecule has 0 aliphatic rings. The second-order valence-corrected chi connectivity index (χ2v) is 3.44. The van der Waals surface area contributed by atoms with E-state index in [1.165, 1.54) is 0 Å². The highest BCUT2D eigenvalue weighted by Crippen LogP contribution is 2.31. The van der Waals surface area contributed by atoms with Crippen LogP contribution in [-0.4, -0.2) is 21.0 Å². The number of nitro groups is 1. The number of halogens is 3. The minimum absolute atomic E-state index is 0.226. The summed E-state index contributed by atoms with van der Waals surface area (Å²) in [6.07, 6.45) is -3.22. The molecule has 0 amide bonds. The van der Waals surface area contributed by atoms with Crippen molar-refractivity contribution in [1.29, 1.82) is 0 Å². The van der Waals surface area contributed by atoms with Crippen LogP contribution in [0.3, 0.4) is 0 Å². The van der Waals surface area contributed by atoms with Gasteiger partial charge in [-0.15, -0.1) is 0 Å². The van der Waals surface area contributed by atoms with Gasteiger partial charge in [-0.2, -0.15) is 0 Å². The van der Waals surface area contributed by atoms with Crippen molar-refractivity contribution in [3.05, 3.63) is 32.0 Å². The molecule has 0 saturated heterocycles. The second kappa shape index (κ2) is 4.47. The predicted molar refractivity (Wildman–Crippen MR) is 50.5 cm³/mol. The van der Waals surface area contributed by atoms with E-state index in [0.29, 0.717) is 6.07 Å². The van der Waals surface area contributed by atoms with Crippen molar-refractivity contribution in [3.63, 3.8) is 0 Å². The normalized spacial score (nSPS) is 10.5. The maximum absolute atomic E-state index is 12.4. The molecule has 1 N–H and O–H groups in total. The number of aromatic carboxylic acids is 1. The minimum Gasteiger partial charge on any atom is -0.476 e. The van der Waals surface area contributed by atoms with E-state index in [1.54, 1.807) is 0 Å². The Labute approximate surface area is 95.2 Å². The van der Waals surface area contributed by atoms with Gasteiger partial charge in [0.1, 0.15) is 0 Å². The number of aromatic nitrogens is 1. The van der Waals surface area contributed by atoms with E-state index in [1.807, 2.05) is 0 Å². The van der Waals surface area contributed by atoms with Gasteiger partial charge in [-0.3, -0.25) is 10.1 Å². The number of carboxylic acid groups (broad SMARTS) is 1. The summed E-state index contributed by atoms with van der Waals surface area (Å²) in [6.45, 7) is 0. The molecule has 0 aliphatic carbocycles. The van der Waals surface area contributed by atoms with Crippen LogP contribution in [0.25, 0.3) is 0 Å². The fourth-order valence-electron chi connectivity index (χ4n) is 0.950. The van der Waals surface area contributed by atoms with E-state index < -0.39 is 34.4 Å². The molecule has 9 heteroatoms. The van der Waals surface area contributed by atoms with Crippen molar-refractivity contribution >= 4 is 27.6 Å². The average Bonchev–Trinajstić information content (AvgIpc) is 2.15. The van der Waals surface area contributed by atoms with Crippen LogP contribution in [0.4, 0.5) is 14.5 Å². The van der Waals surface area contributed by atoms with Gasteiger partial charge < -0.3 is 5.11 Å². The summed E-state index contributed by atoms with van der Waals surface area (Å²) in [5, 5.41) is 19.0. The van der Waals surface area contributed by atoms with Gasteiger partial charge in [0.05, 0.1) is 9.40 Å². The molecule has 16 heavy (non-hydrogen) atoms. The highest BCUT2D eigenvalue weighted by Gasteiger charge is 2.27. The minimum atomic E-state index is -3.22. The van der Waals surface area contributed by atoms with Crippen molar-refractivity contribution in [3.8, 4) is 0 Å². The SMILES string of the molecule is O=C(O)c1nc(C(F)F)c([N+](=O)[O-])cc1Br. The van der Waals surface area contributed by atoms with Gasteiger partial charge in [0.15, 0.2) is 11.4 Å². The van der Waals surface area contributed by atoms with E-state index in [2.05, 4.69) is 20.9 Å². The van der Waals surface area contributed by atoms with Gasteiger partial charge in [-0.1, -0.05) is 0 Å². The molecule has 6 nitrogen and oxygen atoms in total. The lowest BCUT2D eigenvalue weighted by Gasteiger charge is -2.04. The Morgan fingerprint density at radius 2 is 2.19 bits per heavy atom. The molecule has 1 heterocycles. The first kappa shape index (κ1) is 12.4. The van der Waals surface area contributed by atoms with Crippen LogP contribution < -0.4 is 0 Å². The standard InChI is InChI=1S/C7H3BrF2N2O4/c8-2-1-3(12(15)16)5(6(9)10)11-4(2)7(13)14/h1,6H,(H,13,14). The number of carbonyl (C=O) groups is 1. The Morgan fingerprint density at radius 3 is 2.56 bits per heavy atom. The Kier molecular flexibility index (Phi) is 3.48. The van der Waals surface area contributed by atoms with E-state index in [-0.39, 0.29) is 4.47 Å². The largest absolute Gasteiger partial charge is 0.476 e. The van der Waals surface area contributed by atoms with Crippen LogP contribution in [0.1, 0.15) is 22.6 Å². The molecule has 0 radical (unpaired) electrons. The zero-order valence-corrected chi connectivity index (χ0v) is 8.94. The summed E-state index contributed by atoms with van der Waals surface area (Å²) in [6, 6.07) is 0.692. The van der Waals surface area contributed by atoms with Crippen LogP contribution in [-0.2, 0) is 0 Å². The zero-order chi connectivity index (χ0) is 12.5. The van der Waals surface area contributed by atoms with Crippen LogP contribution >= 0.6 is 15.9 Å². The number of hydrogen-bond acceptors (Lipinski definition) is 4. The number of nitrogens with zero attached hydrogens (tertiary/aromatic N) is 2. The van der Waals surface area contributed by atoms with E-state index >= 15 is 0 Å². The van der Waals surface area contributed by atoms with E-state index in [9.17, 15) is 23.7 Å². The smallest absolute Gasteiger partial charge is 0.355 e. The molecule has 0 unspecified atom stereocenters. The molecule has 1 aromatic rings. The van der Waals surface area contributed by atoms with Gasteiger partial charge in [-0.05, 0) is 15.9 Å². The fraction of sp³-hybridized carbons (Fsp3) is 0.143.